The molecule has 0 bridgehead atoms. The van der Waals surface area contributed by atoms with Crippen LogP contribution >= 0.6 is 7.82 Å². The number of phosphoric ester groups is 1. The molecule has 0 aliphatic rings. The number of hydrogen-bond acceptors (Lipinski definition) is 8. The van der Waals surface area contributed by atoms with E-state index in [-0.39, 0.29) is 32.6 Å². The number of rotatable bonds is 33. The summed E-state index contributed by atoms with van der Waals surface area (Å²) in [4.78, 5) is 34.6. The van der Waals surface area contributed by atoms with Gasteiger partial charge in [-0.25, -0.2) is 4.57 Å². The van der Waals surface area contributed by atoms with Crippen molar-refractivity contribution in [3.63, 3.8) is 0 Å². The first-order valence-electron chi connectivity index (χ1n) is 18.1. The molecule has 0 aliphatic heterocycles. The van der Waals surface area contributed by atoms with Gasteiger partial charge < -0.3 is 20.1 Å². The van der Waals surface area contributed by atoms with E-state index >= 15 is 0 Å². The lowest BCUT2D eigenvalue weighted by Gasteiger charge is -2.19. The van der Waals surface area contributed by atoms with Crippen molar-refractivity contribution in [1.29, 1.82) is 0 Å². The molecule has 0 rings (SSSR count). The molecule has 0 amide bonds. The largest absolute Gasteiger partial charge is 0.472 e. The maximum atomic E-state index is 12.5. The van der Waals surface area contributed by atoms with Gasteiger partial charge in [0.05, 0.1) is 13.2 Å². The van der Waals surface area contributed by atoms with Crippen LogP contribution in [-0.4, -0.2) is 49.3 Å². The first-order chi connectivity index (χ1) is 22.8. The standard InChI is InChI=1S/C37H66NO8P/c1-3-5-7-9-11-13-15-16-17-18-20-21-23-25-27-29-36(39)43-33-35(34-45-47(41,42)44-32-31-38)46-37(40)30-28-26-24-22-19-14-12-10-8-6-4-2/h5,7,11,13,16-17,20-21,35H,3-4,6,8-10,12,14-15,18-19,22-34,38H2,1-2H3,(H,41,42)/b7-5-,13-11-,17-16-,21-20-/t35-/m1/s1. The van der Waals surface area contributed by atoms with Gasteiger partial charge in [0, 0.05) is 19.4 Å². The molecule has 0 saturated heterocycles. The van der Waals surface area contributed by atoms with E-state index in [1.54, 1.807) is 0 Å². The smallest absolute Gasteiger partial charge is 0.462 e. The third-order valence-electron chi connectivity index (χ3n) is 7.23. The van der Waals surface area contributed by atoms with Gasteiger partial charge >= 0.3 is 19.8 Å². The Kier molecular flexibility index (Phi) is 32.4. The summed E-state index contributed by atoms with van der Waals surface area (Å²) in [5.74, 6) is -0.882. The van der Waals surface area contributed by atoms with Crippen LogP contribution in [0.15, 0.2) is 48.6 Å². The third kappa shape index (κ3) is 33.7. The Morgan fingerprint density at radius 3 is 1.74 bits per heavy atom. The summed E-state index contributed by atoms with van der Waals surface area (Å²) in [7, 11) is -4.38. The van der Waals surface area contributed by atoms with E-state index in [0.29, 0.717) is 12.8 Å². The molecule has 2 atom stereocenters. The van der Waals surface area contributed by atoms with Crippen LogP contribution in [0.4, 0.5) is 0 Å². The number of unbranched alkanes of at least 4 members (excludes halogenated alkanes) is 12. The molecule has 3 N–H and O–H groups in total. The predicted octanol–water partition coefficient (Wildman–Crippen LogP) is 9.60. The highest BCUT2D eigenvalue weighted by atomic mass is 31.2. The van der Waals surface area contributed by atoms with Crippen LogP contribution in [0, 0.1) is 0 Å². The Morgan fingerprint density at radius 2 is 1.17 bits per heavy atom. The molecule has 47 heavy (non-hydrogen) atoms. The Balaban J connectivity index is 4.33. The van der Waals surface area contributed by atoms with Gasteiger partial charge in [0.25, 0.3) is 0 Å². The molecule has 0 radical (unpaired) electrons. The number of phosphoric acid groups is 1. The van der Waals surface area contributed by atoms with E-state index in [1.165, 1.54) is 44.9 Å². The Labute approximate surface area is 286 Å². The zero-order valence-corrected chi connectivity index (χ0v) is 30.4. The van der Waals surface area contributed by atoms with Crippen LogP contribution in [0.25, 0.3) is 0 Å². The molecule has 272 valence electrons. The third-order valence-corrected chi connectivity index (χ3v) is 8.21. The maximum Gasteiger partial charge on any atom is 0.472 e. The lowest BCUT2D eigenvalue weighted by atomic mass is 10.1. The molecule has 0 fully saturated rings. The fourth-order valence-electron chi connectivity index (χ4n) is 4.56. The van der Waals surface area contributed by atoms with E-state index < -0.39 is 32.5 Å². The highest BCUT2D eigenvalue weighted by Gasteiger charge is 2.25. The molecule has 9 nitrogen and oxygen atoms in total. The summed E-state index contributed by atoms with van der Waals surface area (Å²) in [6.45, 7) is 3.53. The van der Waals surface area contributed by atoms with Crippen molar-refractivity contribution < 1.29 is 37.6 Å². The van der Waals surface area contributed by atoms with Crippen LogP contribution in [0.2, 0.25) is 0 Å². The van der Waals surface area contributed by atoms with Crippen molar-refractivity contribution in [1.82, 2.24) is 0 Å². The van der Waals surface area contributed by atoms with Crippen LogP contribution in [0.1, 0.15) is 142 Å². The first-order valence-corrected chi connectivity index (χ1v) is 19.6. The summed E-state index contributed by atoms with van der Waals surface area (Å²) < 4.78 is 32.5. The first kappa shape index (κ1) is 45.0. The zero-order valence-electron chi connectivity index (χ0n) is 29.5. The number of hydrogen-bond donors (Lipinski definition) is 2. The van der Waals surface area contributed by atoms with Crippen molar-refractivity contribution in [2.45, 2.75) is 148 Å². The Bertz CT molecular complexity index is 918. The maximum absolute atomic E-state index is 12.5. The lowest BCUT2D eigenvalue weighted by molar-refractivity contribution is -0.161. The molecular weight excluding hydrogens is 617 g/mol. The van der Waals surface area contributed by atoms with Gasteiger partial charge in [-0.05, 0) is 51.4 Å². The highest BCUT2D eigenvalue weighted by molar-refractivity contribution is 7.47. The average molecular weight is 684 g/mol. The topological polar surface area (TPSA) is 134 Å². The van der Waals surface area contributed by atoms with Crippen molar-refractivity contribution in [2.24, 2.45) is 5.73 Å². The Morgan fingerprint density at radius 1 is 0.660 bits per heavy atom. The number of allylic oxidation sites excluding steroid dienone is 8. The molecule has 0 saturated carbocycles. The van der Waals surface area contributed by atoms with Gasteiger partial charge in [0.15, 0.2) is 6.10 Å². The van der Waals surface area contributed by atoms with E-state index in [2.05, 4.69) is 62.5 Å². The van der Waals surface area contributed by atoms with E-state index in [0.717, 1.165) is 57.8 Å². The molecule has 0 heterocycles. The average Bonchev–Trinajstić information content (AvgIpc) is 3.05. The predicted molar refractivity (Wildman–Crippen MR) is 192 cm³/mol. The molecule has 1 unspecified atom stereocenters. The van der Waals surface area contributed by atoms with Gasteiger partial charge in [0.1, 0.15) is 6.61 Å². The number of carbonyl (C=O) groups is 2. The van der Waals surface area contributed by atoms with E-state index in [9.17, 15) is 19.0 Å². The fraction of sp³-hybridized carbons (Fsp3) is 0.730. The molecule has 0 aromatic carbocycles. The minimum absolute atomic E-state index is 0.0468. The number of nitrogens with two attached hydrogens (primary N) is 1. The quantitative estimate of drug-likeness (QED) is 0.0300. The van der Waals surface area contributed by atoms with Crippen molar-refractivity contribution in [3.05, 3.63) is 48.6 Å². The summed E-state index contributed by atoms with van der Waals surface area (Å²) >= 11 is 0. The summed E-state index contributed by atoms with van der Waals surface area (Å²) in [5.41, 5.74) is 5.32. The van der Waals surface area contributed by atoms with Gasteiger partial charge in [-0.15, -0.1) is 0 Å². The van der Waals surface area contributed by atoms with Gasteiger partial charge in [-0.3, -0.25) is 18.6 Å². The summed E-state index contributed by atoms with van der Waals surface area (Å²) in [5, 5.41) is 0. The zero-order chi connectivity index (χ0) is 34.7. The molecule has 0 aromatic heterocycles. The minimum Gasteiger partial charge on any atom is -0.462 e. The molecule has 10 heteroatoms. The second-order valence-corrected chi connectivity index (χ2v) is 13.2. The molecule has 0 aliphatic carbocycles. The molecule has 0 aromatic rings. The second kappa shape index (κ2) is 33.9. The van der Waals surface area contributed by atoms with Crippen molar-refractivity contribution in [2.75, 3.05) is 26.4 Å². The van der Waals surface area contributed by atoms with Crippen LogP contribution in [-0.2, 0) is 32.7 Å². The van der Waals surface area contributed by atoms with Crippen molar-refractivity contribution >= 4 is 19.8 Å². The fourth-order valence-corrected chi connectivity index (χ4v) is 5.33. The monoisotopic (exact) mass is 683 g/mol. The highest BCUT2D eigenvalue weighted by Crippen LogP contribution is 2.43. The van der Waals surface area contributed by atoms with Gasteiger partial charge in [0.2, 0.25) is 0 Å². The van der Waals surface area contributed by atoms with E-state index in [4.69, 9.17) is 24.3 Å². The van der Waals surface area contributed by atoms with Gasteiger partial charge in [-0.1, -0.05) is 127 Å². The van der Waals surface area contributed by atoms with Crippen LogP contribution in [0.3, 0.4) is 0 Å². The SMILES string of the molecule is CC/C=C\C/C=C\C/C=C\C/C=C\CCCCC(=O)OC[C@H](COP(=O)(O)OCCN)OC(=O)CCCCCCCCCCCCC. The van der Waals surface area contributed by atoms with Crippen molar-refractivity contribution in [3.8, 4) is 0 Å². The second-order valence-electron chi connectivity index (χ2n) is 11.7. The normalized spacial score (nSPS) is 14.0. The van der Waals surface area contributed by atoms with E-state index in [1.807, 2.05) is 0 Å². The minimum atomic E-state index is -4.38. The van der Waals surface area contributed by atoms with Gasteiger partial charge in [-0.2, -0.15) is 0 Å². The lowest BCUT2D eigenvalue weighted by Crippen LogP contribution is -2.29. The summed E-state index contributed by atoms with van der Waals surface area (Å²) in [6, 6.07) is 0. The summed E-state index contributed by atoms with van der Waals surface area (Å²) in [6.07, 6.45) is 35.7. The Hall–Kier alpha value is -2.03. The number of ether oxygens (including phenoxy) is 2. The molecule has 0 spiro atoms. The molecular formula is C37H66NO8P. The number of esters is 2. The number of carbonyl (C=O) groups excluding carboxylic acids is 2. The van der Waals surface area contributed by atoms with Crippen LogP contribution in [0.5, 0.6) is 0 Å². The van der Waals surface area contributed by atoms with Crippen LogP contribution < -0.4 is 5.73 Å².